The Kier molecular flexibility index (Phi) is 4.49. The molecule has 1 atom stereocenters. The van der Waals surface area contributed by atoms with E-state index < -0.39 is 10.0 Å². The lowest BCUT2D eigenvalue weighted by Crippen LogP contribution is -2.43. The van der Waals surface area contributed by atoms with E-state index in [1.165, 1.54) is 6.20 Å². The van der Waals surface area contributed by atoms with E-state index in [1.54, 1.807) is 29.7 Å². The second-order valence-corrected chi connectivity index (χ2v) is 8.12. The van der Waals surface area contributed by atoms with Crippen LogP contribution in [0.5, 0.6) is 0 Å². The molecule has 0 radical (unpaired) electrons. The molecule has 0 aliphatic carbocycles. The van der Waals surface area contributed by atoms with Gasteiger partial charge in [-0.2, -0.15) is 4.31 Å². The molecule has 1 aromatic rings. The van der Waals surface area contributed by atoms with Crippen molar-refractivity contribution in [1.82, 2.24) is 9.29 Å². The van der Waals surface area contributed by atoms with Crippen molar-refractivity contribution in [3.63, 3.8) is 0 Å². The number of methoxy groups -OCH3 is 1. The number of rotatable bonds is 4. The number of pyridine rings is 1. The van der Waals surface area contributed by atoms with Crippen molar-refractivity contribution in [1.29, 1.82) is 0 Å². The highest BCUT2D eigenvalue weighted by Crippen LogP contribution is 2.42. The third-order valence-corrected chi connectivity index (χ3v) is 6.58. The van der Waals surface area contributed by atoms with Crippen molar-refractivity contribution in [2.75, 3.05) is 33.4 Å². The standard InChI is InChI=1S/C15H22N2O4S/c1-20-11-13-9-15(12-21-13)4-7-17(8-5-15)22(18,19)14-3-2-6-16-10-14/h2-3,6,10,13H,4-5,7-9,11-12H2,1H3/t13-/m1/s1. The third-order valence-electron chi connectivity index (χ3n) is 4.69. The Morgan fingerprint density at radius 3 is 2.86 bits per heavy atom. The minimum absolute atomic E-state index is 0.115. The Hall–Kier alpha value is -1.02. The molecule has 0 aromatic carbocycles. The molecule has 122 valence electrons. The van der Waals surface area contributed by atoms with Crippen LogP contribution >= 0.6 is 0 Å². The lowest BCUT2D eigenvalue weighted by molar-refractivity contribution is 0.0312. The molecule has 0 amide bonds. The van der Waals surface area contributed by atoms with Crippen LogP contribution in [-0.4, -0.2) is 57.2 Å². The van der Waals surface area contributed by atoms with Gasteiger partial charge in [-0.15, -0.1) is 0 Å². The second kappa shape index (κ2) is 6.23. The van der Waals surface area contributed by atoms with Crippen LogP contribution in [0.3, 0.4) is 0 Å². The normalized spacial score (nSPS) is 25.6. The number of ether oxygens (including phenoxy) is 2. The molecule has 6 nitrogen and oxygen atoms in total. The first-order chi connectivity index (χ1) is 10.6. The number of sulfonamides is 1. The van der Waals surface area contributed by atoms with Crippen molar-refractivity contribution in [3.05, 3.63) is 24.5 Å². The predicted molar refractivity (Wildman–Crippen MR) is 80.9 cm³/mol. The molecule has 1 spiro atoms. The minimum Gasteiger partial charge on any atom is -0.382 e. The molecular weight excluding hydrogens is 304 g/mol. The summed E-state index contributed by atoms with van der Waals surface area (Å²) in [7, 11) is -1.75. The Labute approximate surface area is 131 Å². The van der Waals surface area contributed by atoms with Crippen LogP contribution in [0.4, 0.5) is 0 Å². The highest BCUT2D eigenvalue weighted by molar-refractivity contribution is 7.89. The molecule has 3 heterocycles. The predicted octanol–water partition coefficient (Wildman–Crippen LogP) is 1.29. The van der Waals surface area contributed by atoms with Gasteiger partial charge in [0.15, 0.2) is 0 Å². The van der Waals surface area contributed by atoms with Crippen LogP contribution in [0, 0.1) is 5.41 Å². The first-order valence-electron chi connectivity index (χ1n) is 7.56. The maximum absolute atomic E-state index is 12.6. The summed E-state index contributed by atoms with van der Waals surface area (Å²) in [5.41, 5.74) is 0.115. The Morgan fingerprint density at radius 1 is 1.45 bits per heavy atom. The third kappa shape index (κ3) is 3.03. The van der Waals surface area contributed by atoms with Gasteiger partial charge in [0, 0.05) is 32.6 Å². The number of piperidine rings is 1. The number of aromatic nitrogens is 1. The van der Waals surface area contributed by atoms with Gasteiger partial charge in [-0.05, 0) is 36.8 Å². The van der Waals surface area contributed by atoms with Gasteiger partial charge < -0.3 is 9.47 Å². The van der Waals surface area contributed by atoms with E-state index in [-0.39, 0.29) is 16.4 Å². The molecule has 22 heavy (non-hydrogen) atoms. The fraction of sp³-hybridized carbons (Fsp3) is 0.667. The van der Waals surface area contributed by atoms with Gasteiger partial charge in [-0.25, -0.2) is 8.42 Å². The molecule has 1 aromatic heterocycles. The monoisotopic (exact) mass is 326 g/mol. The maximum atomic E-state index is 12.6. The summed E-state index contributed by atoms with van der Waals surface area (Å²) >= 11 is 0. The lowest BCUT2D eigenvalue weighted by Gasteiger charge is -2.37. The topological polar surface area (TPSA) is 68.7 Å². The largest absolute Gasteiger partial charge is 0.382 e. The van der Waals surface area contributed by atoms with Crippen LogP contribution in [0.15, 0.2) is 29.4 Å². The second-order valence-electron chi connectivity index (χ2n) is 6.19. The van der Waals surface area contributed by atoms with Gasteiger partial charge in [0.25, 0.3) is 0 Å². The van der Waals surface area contributed by atoms with Crippen LogP contribution in [0.25, 0.3) is 0 Å². The first-order valence-corrected chi connectivity index (χ1v) is 9.00. The maximum Gasteiger partial charge on any atom is 0.244 e. The SMILES string of the molecule is COC[C@H]1CC2(CCN(S(=O)(=O)c3cccnc3)CC2)CO1. The molecule has 0 unspecified atom stereocenters. The lowest BCUT2D eigenvalue weighted by atomic mass is 9.77. The number of hydrogen-bond acceptors (Lipinski definition) is 5. The fourth-order valence-electron chi connectivity index (χ4n) is 3.39. The van der Waals surface area contributed by atoms with Crippen molar-refractivity contribution in [2.24, 2.45) is 5.41 Å². The average Bonchev–Trinajstić information content (AvgIpc) is 2.92. The smallest absolute Gasteiger partial charge is 0.244 e. The zero-order chi connectivity index (χ0) is 15.6. The number of nitrogens with zero attached hydrogens (tertiary/aromatic N) is 2. The van der Waals surface area contributed by atoms with Crippen LogP contribution in [0.2, 0.25) is 0 Å². The minimum atomic E-state index is -3.43. The summed E-state index contributed by atoms with van der Waals surface area (Å²) in [6.07, 6.45) is 5.77. The fourth-order valence-corrected chi connectivity index (χ4v) is 4.79. The Balaban J connectivity index is 1.65. The Morgan fingerprint density at radius 2 is 2.23 bits per heavy atom. The van der Waals surface area contributed by atoms with E-state index in [0.717, 1.165) is 19.3 Å². The van der Waals surface area contributed by atoms with E-state index in [4.69, 9.17) is 9.47 Å². The summed E-state index contributed by atoms with van der Waals surface area (Å²) in [6, 6.07) is 3.25. The van der Waals surface area contributed by atoms with Gasteiger partial charge in [-0.3, -0.25) is 4.98 Å². The zero-order valence-corrected chi connectivity index (χ0v) is 13.6. The van der Waals surface area contributed by atoms with Crippen LogP contribution in [-0.2, 0) is 19.5 Å². The summed E-state index contributed by atoms with van der Waals surface area (Å²) < 4.78 is 37.7. The van der Waals surface area contributed by atoms with Crippen molar-refractivity contribution < 1.29 is 17.9 Å². The summed E-state index contributed by atoms with van der Waals surface area (Å²) in [5.74, 6) is 0. The zero-order valence-electron chi connectivity index (χ0n) is 12.8. The van der Waals surface area contributed by atoms with Crippen LogP contribution in [0.1, 0.15) is 19.3 Å². The quantitative estimate of drug-likeness (QED) is 0.834. The average molecular weight is 326 g/mol. The molecule has 2 saturated heterocycles. The van der Waals surface area contributed by atoms with Crippen LogP contribution < -0.4 is 0 Å². The first kappa shape index (κ1) is 15.9. The van der Waals surface area contributed by atoms with Crippen molar-refractivity contribution in [3.8, 4) is 0 Å². The van der Waals surface area contributed by atoms with Gasteiger partial charge in [-0.1, -0.05) is 0 Å². The Bertz CT molecular complexity index is 597. The van der Waals surface area contributed by atoms with Gasteiger partial charge >= 0.3 is 0 Å². The summed E-state index contributed by atoms with van der Waals surface area (Å²) in [6.45, 7) is 2.40. The van der Waals surface area contributed by atoms with E-state index >= 15 is 0 Å². The summed E-state index contributed by atoms with van der Waals surface area (Å²) in [5, 5.41) is 0. The van der Waals surface area contributed by atoms with Gasteiger partial charge in [0.05, 0.1) is 19.3 Å². The number of hydrogen-bond donors (Lipinski definition) is 0. The molecule has 0 N–H and O–H groups in total. The van der Waals surface area contributed by atoms with E-state index in [2.05, 4.69) is 4.98 Å². The van der Waals surface area contributed by atoms with Crippen molar-refractivity contribution >= 4 is 10.0 Å². The van der Waals surface area contributed by atoms with Crippen molar-refractivity contribution in [2.45, 2.75) is 30.3 Å². The highest BCUT2D eigenvalue weighted by atomic mass is 32.2. The van der Waals surface area contributed by atoms with E-state index in [1.807, 2.05) is 0 Å². The molecule has 0 bridgehead atoms. The molecule has 3 rings (SSSR count). The molecule has 7 heteroatoms. The highest BCUT2D eigenvalue weighted by Gasteiger charge is 2.44. The van der Waals surface area contributed by atoms with Gasteiger partial charge in [0.2, 0.25) is 10.0 Å². The molecular formula is C15H22N2O4S. The molecule has 2 fully saturated rings. The van der Waals surface area contributed by atoms with E-state index in [9.17, 15) is 8.42 Å². The molecule has 0 saturated carbocycles. The van der Waals surface area contributed by atoms with Gasteiger partial charge in [0.1, 0.15) is 4.90 Å². The molecule has 2 aliphatic heterocycles. The molecule has 2 aliphatic rings. The summed E-state index contributed by atoms with van der Waals surface area (Å²) in [4.78, 5) is 4.18. The van der Waals surface area contributed by atoms with E-state index in [0.29, 0.717) is 26.3 Å².